The van der Waals surface area contributed by atoms with Crippen LogP contribution in [0.3, 0.4) is 0 Å². The smallest absolute Gasteiger partial charge is 0.407 e. The number of aliphatic hydroxyl groups excluding tert-OH is 1. The fourth-order valence-electron chi connectivity index (χ4n) is 6.66. The number of halogens is 2. The van der Waals surface area contributed by atoms with Crippen molar-refractivity contribution >= 4 is 40.9 Å². The van der Waals surface area contributed by atoms with Crippen LogP contribution in [-0.2, 0) is 17.9 Å². The second-order valence-electron chi connectivity index (χ2n) is 12.9. The van der Waals surface area contributed by atoms with Crippen molar-refractivity contribution < 1.29 is 24.5 Å². The zero-order valence-electron chi connectivity index (χ0n) is 28.2. The Morgan fingerprint density at radius 3 is 2.60 bits per heavy atom. The average Bonchev–Trinajstić information content (AvgIpc) is 3.44. The number of amides is 2. The van der Waals surface area contributed by atoms with E-state index in [1.165, 1.54) is 17.6 Å². The number of fused-ring (bicyclic) bond motifs is 1. The van der Waals surface area contributed by atoms with Crippen LogP contribution >= 0.6 is 23.2 Å². The summed E-state index contributed by atoms with van der Waals surface area (Å²) in [5, 5.41) is 23.5. The molecule has 6 rings (SSSR count). The summed E-state index contributed by atoms with van der Waals surface area (Å²) in [7, 11) is 3.56. The third-order valence-corrected chi connectivity index (χ3v) is 9.97. The van der Waals surface area contributed by atoms with Gasteiger partial charge >= 0.3 is 6.09 Å². The fraction of sp³-hybridized carbons (Fsp3) is 0.351. The van der Waals surface area contributed by atoms with Crippen molar-refractivity contribution in [1.82, 2.24) is 25.1 Å². The van der Waals surface area contributed by atoms with Gasteiger partial charge in [0.25, 0.3) is 0 Å². The molecule has 11 nitrogen and oxygen atoms in total. The molecule has 0 bridgehead atoms. The minimum absolute atomic E-state index is 0.0416. The molecule has 13 heteroatoms. The highest BCUT2D eigenvalue weighted by Gasteiger charge is 2.27. The van der Waals surface area contributed by atoms with E-state index in [1.807, 2.05) is 37.3 Å². The maximum atomic E-state index is 12.1. The number of carbonyl (C=O) groups is 2. The third kappa shape index (κ3) is 7.66. The summed E-state index contributed by atoms with van der Waals surface area (Å²) in [6.07, 6.45) is 1.20. The van der Waals surface area contributed by atoms with E-state index in [0.29, 0.717) is 57.5 Å². The maximum Gasteiger partial charge on any atom is 0.407 e. The minimum Gasteiger partial charge on any atom is -0.481 e. The van der Waals surface area contributed by atoms with Crippen molar-refractivity contribution in [2.75, 3.05) is 45.2 Å². The second-order valence-corrected chi connectivity index (χ2v) is 13.6. The normalized spacial score (nSPS) is 16.8. The molecule has 50 heavy (non-hydrogen) atoms. The number of β-amino-alcohol motifs (C(OH)–C–C–N with tert-alkyl or cyclic N) is 1. The molecule has 4 aromatic rings. The zero-order chi connectivity index (χ0) is 35.5. The molecule has 0 saturated carbocycles. The van der Waals surface area contributed by atoms with Gasteiger partial charge in [-0.1, -0.05) is 53.5 Å². The summed E-state index contributed by atoms with van der Waals surface area (Å²) in [6.45, 7) is 5.04. The molecular formula is C37H40Cl2N6O5. The van der Waals surface area contributed by atoms with Crippen molar-refractivity contribution in [3.8, 4) is 39.5 Å². The molecule has 2 aromatic heterocycles. The lowest BCUT2D eigenvalue weighted by Crippen LogP contribution is -2.41. The van der Waals surface area contributed by atoms with Crippen molar-refractivity contribution in [3.63, 3.8) is 0 Å². The lowest BCUT2D eigenvalue weighted by Gasteiger charge is -2.23. The number of nitrogens with zero attached hydrogens (tertiary/aromatic N) is 5. The number of benzene rings is 2. The van der Waals surface area contributed by atoms with E-state index >= 15 is 0 Å². The summed E-state index contributed by atoms with van der Waals surface area (Å²) in [4.78, 5) is 38.8. The molecule has 1 fully saturated rings. The second kappa shape index (κ2) is 15.2. The Labute approximate surface area is 301 Å². The predicted molar refractivity (Wildman–Crippen MR) is 195 cm³/mol. The van der Waals surface area contributed by atoms with Gasteiger partial charge in [0.1, 0.15) is 0 Å². The molecule has 0 spiro atoms. The highest BCUT2D eigenvalue weighted by atomic mass is 35.5. The Balaban J connectivity index is 1.28. The number of pyridine rings is 2. The Morgan fingerprint density at radius 2 is 1.88 bits per heavy atom. The Morgan fingerprint density at radius 1 is 1.10 bits per heavy atom. The predicted octanol–water partition coefficient (Wildman–Crippen LogP) is 6.18. The molecule has 2 amide bonds. The van der Waals surface area contributed by atoms with Gasteiger partial charge in [-0.15, -0.1) is 0 Å². The number of carbonyl (C=O) groups excluding carboxylic acids is 1. The summed E-state index contributed by atoms with van der Waals surface area (Å²) < 4.78 is 5.60. The van der Waals surface area contributed by atoms with Crippen molar-refractivity contribution in [2.45, 2.75) is 45.0 Å². The largest absolute Gasteiger partial charge is 0.481 e. The van der Waals surface area contributed by atoms with Gasteiger partial charge in [-0.05, 0) is 43.2 Å². The Bertz CT molecular complexity index is 1910. The molecule has 2 aliphatic heterocycles. The molecule has 1 saturated heterocycles. The van der Waals surface area contributed by atoms with Crippen LogP contribution in [0.15, 0.2) is 60.8 Å². The first-order valence-corrected chi connectivity index (χ1v) is 17.3. The first kappa shape index (κ1) is 35.4. The van der Waals surface area contributed by atoms with Crippen LogP contribution in [0.5, 0.6) is 5.88 Å². The fourth-order valence-corrected chi connectivity index (χ4v) is 7.31. The van der Waals surface area contributed by atoms with E-state index in [-0.39, 0.29) is 30.9 Å². The standard InChI is InChI=1S/C37H40Cl2N6O5/c1-22(46)18-44-16-15-43(2)31-17-23(7-8-24(31)19-44)35-34(39)28(13-14-40-35)27-5-4-6-29(33(27)38)30-11-9-25(36(42-30)50-3)20-45(37(48)49)21-26-10-12-32(47)41-26/h4-9,11,13-14,17,22,26,46H,10,12,15-16,18-21H2,1-3H3,(H,41,47)(H,48,49)/t22-,26-/m0/s1. The van der Waals surface area contributed by atoms with E-state index in [2.05, 4.69) is 39.3 Å². The van der Waals surface area contributed by atoms with E-state index in [0.717, 1.165) is 36.4 Å². The van der Waals surface area contributed by atoms with E-state index in [1.54, 1.807) is 18.3 Å². The van der Waals surface area contributed by atoms with Gasteiger partial charge in [0.05, 0.1) is 41.2 Å². The van der Waals surface area contributed by atoms with Gasteiger partial charge in [0.15, 0.2) is 0 Å². The van der Waals surface area contributed by atoms with E-state index in [4.69, 9.17) is 32.9 Å². The minimum atomic E-state index is -1.10. The van der Waals surface area contributed by atoms with Crippen molar-refractivity contribution in [2.24, 2.45) is 0 Å². The highest BCUT2D eigenvalue weighted by Crippen LogP contribution is 2.42. The number of nitrogens with one attached hydrogen (secondary N) is 1. The number of methoxy groups -OCH3 is 1. The summed E-state index contributed by atoms with van der Waals surface area (Å²) in [6, 6.07) is 17.1. The number of aromatic nitrogens is 2. The number of likely N-dealkylation sites (N-methyl/N-ethyl adjacent to an activating group) is 1. The van der Waals surface area contributed by atoms with Gasteiger partial charge in [-0.3, -0.25) is 14.7 Å². The Hall–Kier alpha value is -4.42. The lowest BCUT2D eigenvalue weighted by atomic mass is 9.98. The van der Waals surface area contributed by atoms with Crippen molar-refractivity contribution in [3.05, 3.63) is 82.0 Å². The van der Waals surface area contributed by atoms with Crippen LogP contribution in [0.25, 0.3) is 33.6 Å². The van der Waals surface area contributed by atoms with Gasteiger partial charge < -0.3 is 30.1 Å². The zero-order valence-corrected chi connectivity index (χ0v) is 29.7. The molecule has 3 N–H and O–H groups in total. The number of hydrogen-bond acceptors (Lipinski definition) is 8. The van der Waals surface area contributed by atoms with Gasteiger partial charge in [0.2, 0.25) is 11.8 Å². The van der Waals surface area contributed by atoms with Gasteiger partial charge in [0, 0.05) is 91.9 Å². The molecule has 2 aliphatic rings. The van der Waals surface area contributed by atoms with Crippen molar-refractivity contribution in [1.29, 1.82) is 0 Å². The molecule has 2 aromatic carbocycles. The van der Waals surface area contributed by atoms with Gasteiger partial charge in [-0.25, -0.2) is 9.78 Å². The maximum absolute atomic E-state index is 12.1. The van der Waals surface area contributed by atoms with Crippen LogP contribution in [0, 0.1) is 0 Å². The molecule has 2 atom stereocenters. The Kier molecular flexibility index (Phi) is 10.8. The number of ether oxygens (including phenoxy) is 1. The third-order valence-electron chi connectivity index (χ3n) is 9.18. The first-order chi connectivity index (χ1) is 24.0. The number of hydrogen-bond donors (Lipinski definition) is 3. The summed E-state index contributed by atoms with van der Waals surface area (Å²) in [5.74, 6) is 0.202. The monoisotopic (exact) mass is 718 g/mol. The molecule has 262 valence electrons. The topological polar surface area (TPSA) is 131 Å². The molecular weight excluding hydrogens is 679 g/mol. The lowest BCUT2D eigenvalue weighted by molar-refractivity contribution is -0.119. The van der Waals surface area contributed by atoms with Crippen LogP contribution in [0.4, 0.5) is 10.5 Å². The molecule has 0 unspecified atom stereocenters. The highest BCUT2D eigenvalue weighted by molar-refractivity contribution is 6.39. The summed E-state index contributed by atoms with van der Waals surface area (Å²) in [5.41, 5.74) is 6.99. The molecule has 4 heterocycles. The summed E-state index contributed by atoms with van der Waals surface area (Å²) >= 11 is 14.2. The molecule has 0 radical (unpaired) electrons. The quantitative estimate of drug-likeness (QED) is 0.176. The number of aliphatic hydroxyl groups is 1. The molecule has 0 aliphatic carbocycles. The van der Waals surface area contributed by atoms with E-state index in [9.17, 15) is 19.8 Å². The van der Waals surface area contributed by atoms with Crippen LogP contribution in [0.1, 0.15) is 30.9 Å². The van der Waals surface area contributed by atoms with Crippen LogP contribution in [-0.4, -0.2) is 94.5 Å². The number of rotatable bonds is 10. The van der Waals surface area contributed by atoms with E-state index < -0.39 is 12.2 Å². The number of carboxylic acid groups (broad SMARTS) is 1. The van der Waals surface area contributed by atoms with Gasteiger partial charge in [-0.2, -0.15) is 0 Å². The SMILES string of the molecule is COc1nc(-c2cccc(-c3ccnc(-c4ccc5c(c4)N(C)CCN(C[C@H](C)O)C5)c3Cl)c2Cl)ccc1CN(C[C@@H]1CCC(=O)N1)C(=O)O. The first-order valence-electron chi connectivity index (χ1n) is 16.5. The number of anilines is 1. The van der Waals surface area contributed by atoms with Crippen LogP contribution in [0.2, 0.25) is 10.0 Å². The van der Waals surface area contributed by atoms with Crippen LogP contribution < -0.4 is 15.0 Å². The average molecular weight is 720 g/mol.